The van der Waals surface area contributed by atoms with Crippen molar-refractivity contribution in [1.82, 2.24) is 14.9 Å². The normalized spacial score (nSPS) is 15.8. The van der Waals surface area contributed by atoms with E-state index < -0.39 is 0 Å². The maximum Gasteiger partial charge on any atom is 0.409 e. The minimum Gasteiger partial charge on any atom is -0.486 e. The van der Waals surface area contributed by atoms with Crippen molar-refractivity contribution in [3.63, 3.8) is 0 Å². The summed E-state index contributed by atoms with van der Waals surface area (Å²) in [6.07, 6.45) is -0.257. The molecule has 0 radical (unpaired) electrons. The van der Waals surface area contributed by atoms with E-state index in [4.69, 9.17) is 14.2 Å². The SMILES string of the molecule is CCOC(=O)N1CCN(c2cc(Nc3ccc4c(c3)OCCO4)nc(C)n2)CC1. The van der Waals surface area contributed by atoms with Gasteiger partial charge in [-0.1, -0.05) is 0 Å². The van der Waals surface area contributed by atoms with Crippen LogP contribution in [0.25, 0.3) is 0 Å². The summed E-state index contributed by atoms with van der Waals surface area (Å²) in [6.45, 7) is 7.78. The molecule has 2 aliphatic heterocycles. The fourth-order valence-electron chi connectivity index (χ4n) is 3.38. The minimum atomic E-state index is -0.257. The molecular formula is C20H25N5O4. The van der Waals surface area contributed by atoms with E-state index in [1.165, 1.54) is 0 Å². The second-order valence-electron chi connectivity index (χ2n) is 6.82. The number of nitrogens with zero attached hydrogens (tertiary/aromatic N) is 4. The summed E-state index contributed by atoms with van der Waals surface area (Å²) in [5.41, 5.74) is 0.866. The van der Waals surface area contributed by atoms with E-state index in [0.717, 1.165) is 23.0 Å². The number of amides is 1. The molecule has 1 amide bonds. The fourth-order valence-corrected chi connectivity index (χ4v) is 3.38. The summed E-state index contributed by atoms with van der Waals surface area (Å²) in [7, 11) is 0. The molecule has 2 aromatic rings. The summed E-state index contributed by atoms with van der Waals surface area (Å²) >= 11 is 0. The van der Waals surface area contributed by atoms with Crippen molar-refractivity contribution in [2.45, 2.75) is 13.8 Å². The molecule has 0 unspecified atom stereocenters. The number of anilines is 3. The molecule has 29 heavy (non-hydrogen) atoms. The van der Waals surface area contributed by atoms with Crippen molar-refractivity contribution in [1.29, 1.82) is 0 Å². The molecule has 0 bridgehead atoms. The van der Waals surface area contributed by atoms with E-state index in [2.05, 4.69) is 20.2 Å². The van der Waals surface area contributed by atoms with E-state index in [1.807, 2.05) is 38.1 Å². The molecule has 4 rings (SSSR count). The highest BCUT2D eigenvalue weighted by Gasteiger charge is 2.23. The molecule has 0 spiro atoms. The molecule has 0 atom stereocenters. The lowest BCUT2D eigenvalue weighted by atomic mass is 10.2. The van der Waals surface area contributed by atoms with Crippen molar-refractivity contribution in [3.05, 3.63) is 30.1 Å². The minimum absolute atomic E-state index is 0.257. The Hall–Kier alpha value is -3.23. The third kappa shape index (κ3) is 4.44. The lowest BCUT2D eigenvalue weighted by Gasteiger charge is -2.34. The molecule has 9 nitrogen and oxygen atoms in total. The molecule has 9 heteroatoms. The van der Waals surface area contributed by atoms with Gasteiger partial charge in [0.2, 0.25) is 0 Å². The second kappa shape index (κ2) is 8.42. The van der Waals surface area contributed by atoms with Gasteiger partial charge in [0.1, 0.15) is 30.7 Å². The van der Waals surface area contributed by atoms with Crippen LogP contribution < -0.4 is 19.7 Å². The number of carbonyl (C=O) groups excluding carboxylic acids is 1. The lowest BCUT2D eigenvalue weighted by molar-refractivity contribution is 0.105. The summed E-state index contributed by atoms with van der Waals surface area (Å²) in [5.74, 6) is 3.69. The summed E-state index contributed by atoms with van der Waals surface area (Å²) in [4.78, 5) is 24.8. The van der Waals surface area contributed by atoms with Crippen molar-refractivity contribution in [3.8, 4) is 11.5 Å². The first-order chi connectivity index (χ1) is 14.1. The predicted molar refractivity (Wildman–Crippen MR) is 108 cm³/mol. The molecule has 1 N–H and O–H groups in total. The van der Waals surface area contributed by atoms with E-state index >= 15 is 0 Å². The smallest absolute Gasteiger partial charge is 0.409 e. The highest BCUT2D eigenvalue weighted by molar-refractivity contribution is 5.68. The number of aryl methyl sites for hydroxylation is 1. The highest BCUT2D eigenvalue weighted by atomic mass is 16.6. The van der Waals surface area contributed by atoms with Gasteiger partial charge in [-0.3, -0.25) is 0 Å². The van der Waals surface area contributed by atoms with Crippen LogP contribution in [0.15, 0.2) is 24.3 Å². The number of ether oxygens (including phenoxy) is 3. The standard InChI is InChI=1S/C20H25N5O4/c1-3-27-20(26)25-8-6-24(7-9-25)19-13-18(21-14(2)22-19)23-15-4-5-16-17(12-15)29-11-10-28-16/h4-5,12-13H,3,6-11H2,1-2H3,(H,21,22,23). The van der Waals surface area contributed by atoms with E-state index in [-0.39, 0.29) is 6.09 Å². The fraction of sp³-hybridized carbons (Fsp3) is 0.450. The van der Waals surface area contributed by atoms with Crippen LogP contribution in [0.3, 0.4) is 0 Å². The number of hydrogen-bond donors (Lipinski definition) is 1. The monoisotopic (exact) mass is 399 g/mol. The average Bonchev–Trinajstić information content (AvgIpc) is 2.73. The maximum atomic E-state index is 11.9. The number of aromatic nitrogens is 2. The molecule has 3 heterocycles. The Morgan fingerprint density at radius 2 is 1.86 bits per heavy atom. The van der Waals surface area contributed by atoms with Crippen LogP contribution in [-0.4, -0.2) is 67.0 Å². The number of rotatable bonds is 4. The Labute approximate surface area is 169 Å². The number of benzene rings is 1. The summed E-state index contributed by atoms with van der Waals surface area (Å²) in [5, 5.41) is 3.32. The molecular weight excluding hydrogens is 374 g/mol. The molecule has 1 saturated heterocycles. The van der Waals surface area contributed by atoms with Crippen LogP contribution in [0.4, 0.5) is 22.1 Å². The number of piperazine rings is 1. The van der Waals surface area contributed by atoms with Gasteiger partial charge in [0.05, 0.1) is 6.61 Å². The summed E-state index contributed by atoms with van der Waals surface area (Å²) in [6, 6.07) is 7.65. The van der Waals surface area contributed by atoms with Gasteiger partial charge < -0.3 is 29.3 Å². The molecule has 1 aromatic carbocycles. The second-order valence-corrected chi connectivity index (χ2v) is 6.82. The van der Waals surface area contributed by atoms with Gasteiger partial charge in [-0.2, -0.15) is 0 Å². The third-order valence-corrected chi connectivity index (χ3v) is 4.77. The highest BCUT2D eigenvalue weighted by Crippen LogP contribution is 2.33. The van der Waals surface area contributed by atoms with Crippen LogP contribution in [-0.2, 0) is 4.74 Å². The molecule has 2 aliphatic rings. The Kier molecular flexibility index (Phi) is 5.55. The van der Waals surface area contributed by atoms with Gasteiger partial charge in [-0.15, -0.1) is 0 Å². The van der Waals surface area contributed by atoms with Crippen molar-refractivity contribution < 1.29 is 19.0 Å². The Balaban J connectivity index is 1.45. The van der Waals surface area contributed by atoms with Crippen molar-refractivity contribution in [2.24, 2.45) is 0 Å². The molecule has 1 aromatic heterocycles. The molecule has 154 valence electrons. The zero-order chi connectivity index (χ0) is 20.2. The van der Waals surface area contributed by atoms with Gasteiger partial charge in [0, 0.05) is 44.0 Å². The van der Waals surface area contributed by atoms with Crippen LogP contribution in [0.2, 0.25) is 0 Å². The Morgan fingerprint density at radius 3 is 2.62 bits per heavy atom. The van der Waals surface area contributed by atoms with E-state index in [9.17, 15) is 4.79 Å². The van der Waals surface area contributed by atoms with Crippen LogP contribution in [0.1, 0.15) is 12.7 Å². The number of hydrogen-bond acceptors (Lipinski definition) is 8. The van der Waals surface area contributed by atoms with Crippen molar-refractivity contribution in [2.75, 3.05) is 56.2 Å². The van der Waals surface area contributed by atoms with Crippen LogP contribution in [0.5, 0.6) is 11.5 Å². The molecule has 0 aliphatic carbocycles. The van der Waals surface area contributed by atoms with Gasteiger partial charge in [-0.05, 0) is 26.0 Å². The first-order valence-corrected chi connectivity index (χ1v) is 9.81. The number of fused-ring (bicyclic) bond motifs is 1. The van der Waals surface area contributed by atoms with Crippen LogP contribution >= 0.6 is 0 Å². The van der Waals surface area contributed by atoms with Crippen molar-refractivity contribution >= 4 is 23.4 Å². The van der Waals surface area contributed by atoms with Gasteiger partial charge in [0.15, 0.2) is 11.5 Å². The Morgan fingerprint density at radius 1 is 1.10 bits per heavy atom. The third-order valence-electron chi connectivity index (χ3n) is 4.77. The lowest BCUT2D eigenvalue weighted by Crippen LogP contribution is -2.49. The van der Waals surface area contributed by atoms with Gasteiger partial charge in [0.25, 0.3) is 0 Å². The summed E-state index contributed by atoms with van der Waals surface area (Å²) < 4.78 is 16.3. The van der Waals surface area contributed by atoms with Gasteiger partial charge in [-0.25, -0.2) is 14.8 Å². The quantitative estimate of drug-likeness (QED) is 0.839. The number of carbonyl (C=O) groups is 1. The first-order valence-electron chi connectivity index (χ1n) is 9.81. The topological polar surface area (TPSA) is 89.1 Å². The van der Waals surface area contributed by atoms with E-state index in [0.29, 0.717) is 57.6 Å². The largest absolute Gasteiger partial charge is 0.486 e. The predicted octanol–water partition coefficient (Wildman–Crippen LogP) is 2.58. The van der Waals surface area contributed by atoms with Crippen LogP contribution in [0, 0.1) is 6.92 Å². The zero-order valence-electron chi connectivity index (χ0n) is 16.7. The van der Waals surface area contributed by atoms with Gasteiger partial charge >= 0.3 is 6.09 Å². The number of nitrogens with one attached hydrogen (secondary N) is 1. The Bertz CT molecular complexity index is 883. The first kappa shape index (κ1) is 19.1. The average molecular weight is 399 g/mol. The molecule has 1 fully saturated rings. The zero-order valence-corrected chi connectivity index (χ0v) is 16.7. The maximum absolute atomic E-state index is 11.9. The molecule has 0 saturated carbocycles. The van der Waals surface area contributed by atoms with E-state index in [1.54, 1.807) is 4.90 Å².